The molecular formula is C21H17F3N4O2S2. The van der Waals surface area contributed by atoms with Crippen LogP contribution in [0.1, 0.15) is 5.56 Å². The monoisotopic (exact) mass is 478 g/mol. The highest BCUT2D eigenvalue weighted by molar-refractivity contribution is 7.80. The third-order valence-corrected chi connectivity index (χ3v) is 5.53. The second-order valence-corrected chi connectivity index (χ2v) is 7.88. The summed E-state index contributed by atoms with van der Waals surface area (Å²) in [5.41, 5.74) is 1.36. The Balaban J connectivity index is 1.69. The maximum atomic E-state index is 12.6. The van der Waals surface area contributed by atoms with E-state index in [0.717, 1.165) is 27.8 Å². The summed E-state index contributed by atoms with van der Waals surface area (Å²) in [5.74, 6) is -0.764. The van der Waals surface area contributed by atoms with Crippen LogP contribution in [-0.4, -0.2) is 30.0 Å². The van der Waals surface area contributed by atoms with Crippen molar-refractivity contribution >= 4 is 50.3 Å². The summed E-state index contributed by atoms with van der Waals surface area (Å²) in [5, 5.41) is 20.1. The molecule has 3 aromatic rings. The minimum absolute atomic E-state index is 0.103. The molecule has 0 aliphatic rings. The van der Waals surface area contributed by atoms with E-state index in [-0.39, 0.29) is 17.4 Å². The van der Waals surface area contributed by atoms with Crippen molar-refractivity contribution in [2.24, 2.45) is 0 Å². The van der Waals surface area contributed by atoms with E-state index in [2.05, 4.69) is 20.7 Å². The number of thiocarbonyl (C=S) groups is 1. The summed E-state index contributed by atoms with van der Waals surface area (Å²) in [6, 6.07) is 13.9. The van der Waals surface area contributed by atoms with E-state index >= 15 is 0 Å². The highest BCUT2D eigenvalue weighted by Crippen LogP contribution is 2.27. The highest BCUT2D eigenvalue weighted by atomic mass is 32.1. The molecule has 2 aromatic carbocycles. The number of ether oxygens (including phenoxy) is 1. The lowest BCUT2D eigenvalue weighted by atomic mass is 10.0. The van der Waals surface area contributed by atoms with Gasteiger partial charge in [-0.25, -0.2) is 0 Å². The number of hydrogen-bond acceptors (Lipinski definition) is 5. The Morgan fingerprint density at radius 1 is 1.19 bits per heavy atom. The Kier molecular flexibility index (Phi) is 7.50. The molecule has 166 valence electrons. The molecule has 6 nitrogen and oxygen atoms in total. The molecule has 1 heterocycles. The van der Waals surface area contributed by atoms with E-state index in [4.69, 9.17) is 17.5 Å². The van der Waals surface area contributed by atoms with Crippen molar-refractivity contribution in [2.75, 3.05) is 11.9 Å². The molecule has 3 rings (SSSR count). The largest absolute Gasteiger partial charge is 0.573 e. The summed E-state index contributed by atoms with van der Waals surface area (Å²) < 4.78 is 41.8. The van der Waals surface area contributed by atoms with Gasteiger partial charge in [-0.2, -0.15) is 5.26 Å². The van der Waals surface area contributed by atoms with Crippen LogP contribution in [0.2, 0.25) is 0 Å². The van der Waals surface area contributed by atoms with Crippen molar-refractivity contribution in [3.63, 3.8) is 0 Å². The van der Waals surface area contributed by atoms with Gasteiger partial charge in [-0.1, -0.05) is 18.2 Å². The molecule has 0 spiro atoms. The molecule has 1 atom stereocenters. The minimum Gasteiger partial charge on any atom is -0.406 e. The zero-order valence-corrected chi connectivity index (χ0v) is 18.0. The van der Waals surface area contributed by atoms with Gasteiger partial charge in [0.15, 0.2) is 5.11 Å². The lowest BCUT2D eigenvalue weighted by Crippen LogP contribution is -2.49. The number of nitrogens with zero attached hydrogens (tertiary/aromatic N) is 1. The van der Waals surface area contributed by atoms with Crippen LogP contribution in [0.4, 0.5) is 18.9 Å². The van der Waals surface area contributed by atoms with Crippen LogP contribution in [0.15, 0.2) is 53.9 Å². The molecule has 1 aromatic heterocycles. The number of nitriles is 1. The highest BCUT2D eigenvalue weighted by Gasteiger charge is 2.31. The number of fused-ring (bicyclic) bond motifs is 1. The Morgan fingerprint density at radius 2 is 1.91 bits per heavy atom. The number of rotatable bonds is 7. The predicted octanol–water partition coefficient (Wildman–Crippen LogP) is 4.34. The number of nitrogens with one attached hydrogen (secondary N) is 3. The fraction of sp³-hybridized carbons (Fsp3) is 0.190. The number of thiophene rings is 1. The van der Waals surface area contributed by atoms with E-state index < -0.39 is 18.3 Å². The van der Waals surface area contributed by atoms with Crippen LogP contribution >= 0.6 is 23.6 Å². The molecule has 1 amide bonds. The van der Waals surface area contributed by atoms with Gasteiger partial charge < -0.3 is 20.7 Å². The van der Waals surface area contributed by atoms with Gasteiger partial charge in [0.1, 0.15) is 18.3 Å². The van der Waals surface area contributed by atoms with Gasteiger partial charge in [0.05, 0.1) is 6.07 Å². The van der Waals surface area contributed by atoms with Crippen molar-refractivity contribution in [1.82, 2.24) is 10.6 Å². The van der Waals surface area contributed by atoms with Gasteiger partial charge in [0.25, 0.3) is 0 Å². The minimum atomic E-state index is -4.78. The Morgan fingerprint density at radius 3 is 2.59 bits per heavy atom. The number of carbonyl (C=O) groups is 1. The van der Waals surface area contributed by atoms with Crippen LogP contribution in [0, 0.1) is 11.3 Å². The zero-order valence-electron chi connectivity index (χ0n) is 16.4. The Hall–Kier alpha value is -3.36. The second kappa shape index (κ2) is 10.3. The van der Waals surface area contributed by atoms with Crippen LogP contribution < -0.4 is 20.7 Å². The molecule has 3 N–H and O–H groups in total. The number of anilines is 1. The first-order chi connectivity index (χ1) is 15.2. The molecule has 0 fully saturated rings. The first kappa shape index (κ1) is 23.3. The van der Waals surface area contributed by atoms with Crippen molar-refractivity contribution < 1.29 is 22.7 Å². The SMILES string of the molecule is N#CCNC(=O)C(Cc1csc2ccccc12)NC(=S)Nc1ccc(OC(F)(F)F)cc1. The van der Waals surface area contributed by atoms with E-state index in [0.29, 0.717) is 12.1 Å². The Labute approximate surface area is 191 Å². The standard InChI is InChI=1S/C21H17F3N4O2S2/c22-21(23,24)30-15-7-5-14(6-8-15)27-20(31)28-17(19(29)26-10-9-25)11-13-12-32-18-4-2-1-3-16(13)18/h1-8,12,17H,10-11H2,(H,26,29)(H2,27,28,31). The van der Waals surface area contributed by atoms with E-state index in [1.54, 1.807) is 11.3 Å². The third-order valence-electron chi connectivity index (χ3n) is 4.29. The fourth-order valence-corrected chi connectivity index (χ4v) is 4.17. The third kappa shape index (κ3) is 6.57. The maximum Gasteiger partial charge on any atom is 0.573 e. The summed E-state index contributed by atoms with van der Waals surface area (Å²) in [6.07, 6.45) is -4.46. The van der Waals surface area contributed by atoms with Gasteiger partial charge in [-0.05, 0) is 58.9 Å². The Bertz CT molecular complexity index is 1140. The quantitative estimate of drug-likeness (QED) is 0.346. The summed E-state index contributed by atoms with van der Waals surface area (Å²) in [6.45, 7) is -0.151. The van der Waals surface area contributed by atoms with Crippen LogP contribution in [0.3, 0.4) is 0 Å². The number of hydrogen-bond donors (Lipinski definition) is 3. The van der Waals surface area contributed by atoms with E-state index in [9.17, 15) is 18.0 Å². The molecule has 0 saturated heterocycles. The fourth-order valence-electron chi connectivity index (χ4n) is 2.94. The number of benzene rings is 2. The molecular weight excluding hydrogens is 461 g/mol. The average molecular weight is 479 g/mol. The predicted molar refractivity (Wildman–Crippen MR) is 120 cm³/mol. The summed E-state index contributed by atoms with van der Waals surface area (Å²) >= 11 is 6.84. The van der Waals surface area contributed by atoms with Crippen LogP contribution in [-0.2, 0) is 11.2 Å². The first-order valence-electron chi connectivity index (χ1n) is 9.28. The topological polar surface area (TPSA) is 86.2 Å². The van der Waals surface area contributed by atoms with Crippen molar-refractivity contribution in [1.29, 1.82) is 5.26 Å². The van der Waals surface area contributed by atoms with Crippen molar-refractivity contribution in [3.05, 3.63) is 59.5 Å². The first-order valence-corrected chi connectivity index (χ1v) is 10.6. The number of alkyl halides is 3. The molecule has 0 aliphatic heterocycles. The average Bonchev–Trinajstić information content (AvgIpc) is 3.15. The molecule has 1 unspecified atom stereocenters. The van der Waals surface area contributed by atoms with Gasteiger partial charge in [0, 0.05) is 16.8 Å². The number of halogens is 3. The van der Waals surface area contributed by atoms with Gasteiger partial charge in [-0.3, -0.25) is 4.79 Å². The summed E-state index contributed by atoms with van der Waals surface area (Å²) in [7, 11) is 0. The molecule has 0 bridgehead atoms. The van der Waals surface area contributed by atoms with Crippen LogP contribution in [0.5, 0.6) is 5.75 Å². The van der Waals surface area contributed by atoms with Crippen molar-refractivity contribution in [3.8, 4) is 11.8 Å². The molecule has 0 saturated carbocycles. The second-order valence-electron chi connectivity index (χ2n) is 6.56. The number of carbonyl (C=O) groups excluding carboxylic acids is 1. The molecule has 32 heavy (non-hydrogen) atoms. The van der Waals surface area contributed by atoms with Crippen molar-refractivity contribution in [2.45, 2.75) is 18.8 Å². The van der Waals surface area contributed by atoms with Crippen LogP contribution in [0.25, 0.3) is 10.1 Å². The molecule has 11 heteroatoms. The lowest BCUT2D eigenvalue weighted by Gasteiger charge is -2.20. The summed E-state index contributed by atoms with van der Waals surface area (Å²) in [4.78, 5) is 12.6. The lowest BCUT2D eigenvalue weighted by molar-refractivity contribution is -0.274. The van der Waals surface area contributed by atoms with Gasteiger partial charge in [-0.15, -0.1) is 24.5 Å². The van der Waals surface area contributed by atoms with E-state index in [1.165, 1.54) is 12.1 Å². The number of amides is 1. The normalized spacial score (nSPS) is 11.9. The molecule has 0 aliphatic carbocycles. The van der Waals surface area contributed by atoms with Gasteiger partial charge in [0.2, 0.25) is 5.91 Å². The smallest absolute Gasteiger partial charge is 0.406 e. The molecule has 0 radical (unpaired) electrons. The zero-order chi connectivity index (χ0) is 23.1. The van der Waals surface area contributed by atoms with Gasteiger partial charge >= 0.3 is 6.36 Å². The van der Waals surface area contributed by atoms with E-state index in [1.807, 2.05) is 35.7 Å². The maximum absolute atomic E-state index is 12.6.